The van der Waals surface area contributed by atoms with Crippen LogP contribution in [0, 0.1) is 5.92 Å². The van der Waals surface area contributed by atoms with Crippen LogP contribution in [0.5, 0.6) is 0 Å². The predicted octanol–water partition coefficient (Wildman–Crippen LogP) is 2.73. The molecule has 0 aliphatic carbocycles. The molecule has 3 aromatic rings. The number of nitrogens with zero attached hydrogens (tertiary/aromatic N) is 3. The molecular formula is C18H18N4O3S2. The van der Waals surface area contributed by atoms with Crippen molar-refractivity contribution in [2.24, 2.45) is 5.92 Å². The highest BCUT2D eigenvalue weighted by atomic mass is 32.2. The number of hydrogen-bond acceptors (Lipinski definition) is 6. The number of nitrogens with one attached hydrogen (secondary N) is 1. The highest BCUT2D eigenvalue weighted by Gasteiger charge is 2.34. The molecule has 9 heteroatoms. The molecule has 0 radical (unpaired) electrons. The second-order valence-electron chi connectivity index (χ2n) is 6.45. The number of hydrogen-bond donors (Lipinski definition) is 1. The van der Waals surface area contributed by atoms with Crippen molar-refractivity contribution >= 4 is 44.4 Å². The number of carbonyl (C=O) groups is 1. The molecule has 1 amide bonds. The summed E-state index contributed by atoms with van der Waals surface area (Å²) in [5, 5.41) is 2.87. The van der Waals surface area contributed by atoms with E-state index in [-0.39, 0.29) is 23.3 Å². The van der Waals surface area contributed by atoms with Crippen LogP contribution < -0.4 is 5.32 Å². The van der Waals surface area contributed by atoms with E-state index in [1.54, 1.807) is 18.2 Å². The van der Waals surface area contributed by atoms with Gasteiger partial charge in [0.1, 0.15) is 15.9 Å². The number of fused-ring (bicyclic) bond motifs is 1. The van der Waals surface area contributed by atoms with E-state index in [9.17, 15) is 13.2 Å². The molecule has 140 valence electrons. The lowest BCUT2D eigenvalue weighted by molar-refractivity contribution is -0.120. The van der Waals surface area contributed by atoms with Crippen LogP contribution in [-0.2, 0) is 14.8 Å². The zero-order valence-electron chi connectivity index (χ0n) is 14.4. The summed E-state index contributed by atoms with van der Waals surface area (Å²) < 4.78 is 35.9. The minimum absolute atomic E-state index is 0.151. The molecule has 1 saturated heterocycles. The maximum atomic E-state index is 13.2. The molecule has 2 aromatic carbocycles. The van der Waals surface area contributed by atoms with Gasteiger partial charge >= 0.3 is 0 Å². The number of sulfonamides is 1. The van der Waals surface area contributed by atoms with Crippen LogP contribution in [-0.4, -0.2) is 40.5 Å². The largest absolute Gasteiger partial charge is 0.326 e. The summed E-state index contributed by atoms with van der Waals surface area (Å²) in [6.07, 6.45) is 1.30. The molecular weight excluding hydrogens is 384 g/mol. The summed E-state index contributed by atoms with van der Waals surface area (Å²) in [6.45, 7) is 0.556. The van der Waals surface area contributed by atoms with Gasteiger partial charge in [-0.3, -0.25) is 4.79 Å². The van der Waals surface area contributed by atoms with Crippen LogP contribution in [0.3, 0.4) is 0 Å². The second kappa shape index (κ2) is 7.34. The van der Waals surface area contributed by atoms with Gasteiger partial charge in [-0.25, -0.2) is 8.42 Å². The van der Waals surface area contributed by atoms with Crippen molar-refractivity contribution in [2.45, 2.75) is 17.7 Å². The lowest BCUT2D eigenvalue weighted by Gasteiger charge is -2.31. The van der Waals surface area contributed by atoms with Crippen LogP contribution in [0.2, 0.25) is 0 Å². The zero-order chi connectivity index (χ0) is 18.9. The van der Waals surface area contributed by atoms with Crippen LogP contribution in [0.25, 0.3) is 11.0 Å². The minimum atomic E-state index is -3.74. The Bertz CT molecular complexity index is 1070. The maximum Gasteiger partial charge on any atom is 0.245 e. The van der Waals surface area contributed by atoms with Crippen molar-refractivity contribution in [1.29, 1.82) is 0 Å². The monoisotopic (exact) mass is 402 g/mol. The molecule has 1 fully saturated rings. The lowest BCUT2D eigenvalue weighted by Crippen LogP contribution is -2.43. The fourth-order valence-electron chi connectivity index (χ4n) is 3.27. The van der Waals surface area contributed by atoms with Crippen molar-refractivity contribution in [3.05, 3.63) is 48.5 Å². The Labute approximate surface area is 161 Å². The van der Waals surface area contributed by atoms with Crippen LogP contribution >= 0.6 is 11.7 Å². The van der Waals surface area contributed by atoms with Gasteiger partial charge in [-0.2, -0.15) is 13.1 Å². The summed E-state index contributed by atoms with van der Waals surface area (Å²) in [6, 6.07) is 14.1. The van der Waals surface area contributed by atoms with Crippen LogP contribution in [0.1, 0.15) is 12.8 Å². The highest BCUT2D eigenvalue weighted by Crippen LogP contribution is 2.28. The lowest BCUT2D eigenvalue weighted by atomic mass is 9.99. The normalized spacial score (nSPS) is 18.4. The number of benzene rings is 2. The van der Waals surface area contributed by atoms with Crippen molar-refractivity contribution in [3.8, 4) is 0 Å². The van der Waals surface area contributed by atoms with Gasteiger partial charge in [0, 0.05) is 18.8 Å². The summed E-state index contributed by atoms with van der Waals surface area (Å²) >= 11 is 0.989. The van der Waals surface area contributed by atoms with Gasteiger partial charge in [0.25, 0.3) is 0 Å². The van der Waals surface area contributed by atoms with E-state index in [1.165, 1.54) is 4.31 Å². The van der Waals surface area contributed by atoms with Crippen molar-refractivity contribution in [3.63, 3.8) is 0 Å². The Balaban J connectivity index is 1.55. The van der Waals surface area contributed by atoms with E-state index >= 15 is 0 Å². The second-order valence-corrected chi connectivity index (χ2v) is 8.88. The number of rotatable bonds is 4. The highest BCUT2D eigenvalue weighted by molar-refractivity contribution is 7.89. The van der Waals surface area contributed by atoms with Crippen LogP contribution in [0.15, 0.2) is 53.4 Å². The standard InChI is InChI=1S/C18H18N4O3S2/c23-18(19-14-7-2-1-3-8-14)13-6-5-11-22(12-13)27(24,25)16-10-4-9-15-17(16)21-26-20-15/h1-4,7-10,13H,5-6,11-12H2,(H,19,23)/t13-/m0/s1. The third-order valence-corrected chi connectivity index (χ3v) is 7.10. The molecule has 1 aromatic heterocycles. The fourth-order valence-corrected chi connectivity index (χ4v) is 5.55. The van der Waals surface area contributed by atoms with Crippen molar-refractivity contribution in [2.75, 3.05) is 18.4 Å². The number of carbonyl (C=O) groups excluding carboxylic acids is 1. The zero-order valence-corrected chi connectivity index (χ0v) is 16.0. The third-order valence-electron chi connectivity index (χ3n) is 4.66. The van der Waals surface area contributed by atoms with Gasteiger partial charge in [-0.15, -0.1) is 0 Å². The molecule has 1 N–H and O–H groups in total. The molecule has 7 nitrogen and oxygen atoms in total. The first-order valence-corrected chi connectivity index (χ1v) is 10.8. The van der Waals surface area contributed by atoms with Gasteiger partial charge in [-0.1, -0.05) is 24.3 Å². The van der Waals surface area contributed by atoms with E-state index in [0.29, 0.717) is 36.1 Å². The number of amides is 1. The molecule has 1 aliphatic heterocycles. The minimum Gasteiger partial charge on any atom is -0.326 e. The Morgan fingerprint density at radius 2 is 1.93 bits per heavy atom. The molecule has 0 saturated carbocycles. The van der Waals surface area contributed by atoms with Gasteiger partial charge < -0.3 is 5.32 Å². The van der Waals surface area contributed by atoms with E-state index in [0.717, 1.165) is 11.7 Å². The van der Waals surface area contributed by atoms with Gasteiger partial charge in [-0.05, 0) is 37.1 Å². The van der Waals surface area contributed by atoms with E-state index in [1.807, 2.05) is 30.3 Å². The molecule has 2 heterocycles. The first-order chi connectivity index (χ1) is 13.1. The van der Waals surface area contributed by atoms with Gasteiger partial charge in [0.05, 0.1) is 17.6 Å². The topological polar surface area (TPSA) is 92.3 Å². The van der Waals surface area contributed by atoms with Crippen LogP contribution in [0.4, 0.5) is 5.69 Å². The maximum absolute atomic E-state index is 13.2. The molecule has 1 atom stereocenters. The molecule has 27 heavy (non-hydrogen) atoms. The molecule has 0 bridgehead atoms. The summed E-state index contributed by atoms with van der Waals surface area (Å²) in [4.78, 5) is 12.7. The first-order valence-electron chi connectivity index (χ1n) is 8.63. The third kappa shape index (κ3) is 3.58. The number of para-hydroxylation sites is 1. The quantitative estimate of drug-likeness (QED) is 0.724. The number of anilines is 1. The molecule has 1 aliphatic rings. The Morgan fingerprint density at radius 3 is 2.74 bits per heavy atom. The summed E-state index contributed by atoms with van der Waals surface area (Å²) in [7, 11) is -3.74. The SMILES string of the molecule is O=C(Nc1ccccc1)[C@H]1CCCN(S(=O)(=O)c2cccc3nsnc23)C1. The number of aromatic nitrogens is 2. The Kier molecular flexibility index (Phi) is 4.90. The van der Waals surface area contributed by atoms with E-state index in [2.05, 4.69) is 14.1 Å². The number of piperidine rings is 1. The van der Waals surface area contributed by atoms with E-state index in [4.69, 9.17) is 0 Å². The first kappa shape index (κ1) is 18.0. The smallest absolute Gasteiger partial charge is 0.245 e. The molecule has 0 spiro atoms. The van der Waals surface area contributed by atoms with Gasteiger partial charge in [0.15, 0.2) is 0 Å². The van der Waals surface area contributed by atoms with Crippen molar-refractivity contribution in [1.82, 2.24) is 13.1 Å². The van der Waals surface area contributed by atoms with Gasteiger partial charge in [0.2, 0.25) is 15.9 Å². The van der Waals surface area contributed by atoms with Crippen molar-refractivity contribution < 1.29 is 13.2 Å². The Hall–Kier alpha value is -2.36. The summed E-state index contributed by atoms with van der Waals surface area (Å²) in [5.74, 6) is -0.545. The molecule has 0 unspecified atom stereocenters. The Morgan fingerprint density at radius 1 is 1.11 bits per heavy atom. The average Bonchev–Trinajstić information content (AvgIpc) is 3.17. The fraction of sp³-hybridized carbons (Fsp3) is 0.278. The predicted molar refractivity (Wildman–Crippen MR) is 104 cm³/mol. The average molecular weight is 403 g/mol. The summed E-state index contributed by atoms with van der Waals surface area (Å²) in [5.41, 5.74) is 1.66. The molecule has 4 rings (SSSR count). The van der Waals surface area contributed by atoms with E-state index < -0.39 is 10.0 Å².